The Balaban J connectivity index is 1.39. The van der Waals surface area contributed by atoms with E-state index in [9.17, 15) is 19.5 Å². The standard InChI is InChI=1S/C34H46N4O5/c1-4-5-16-36(17-8-15-35(2)3)32(40)23-37-22-27(24-11-12-30-26(20-24)14-19-43-30)33(34(41)42)29(37)13-18-38-28-10-7-6-9-25(28)21-31(38)39/h6-7,9-12,20,27,29,33H,4-5,8,13-19,21-23H2,1-3H3,(H,41,42)/t27-,29+,33-/m1/s1. The number of carbonyl (C=O) groups is 3. The van der Waals surface area contributed by atoms with Crippen LogP contribution < -0.4 is 9.64 Å². The summed E-state index contributed by atoms with van der Waals surface area (Å²) in [4.78, 5) is 47.7. The molecule has 3 aliphatic heterocycles. The molecule has 0 bridgehead atoms. The van der Waals surface area contributed by atoms with Crippen LogP contribution in [0.1, 0.15) is 55.2 Å². The minimum Gasteiger partial charge on any atom is -0.493 e. The van der Waals surface area contributed by atoms with Gasteiger partial charge >= 0.3 is 5.97 Å². The number of rotatable bonds is 14. The summed E-state index contributed by atoms with van der Waals surface area (Å²) in [5.74, 6) is -0.863. The average molecular weight is 591 g/mol. The lowest BCUT2D eigenvalue weighted by Crippen LogP contribution is -2.46. The van der Waals surface area contributed by atoms with Crippen molar-refractivity contribution in [1.82, 2.24) is 14.7 Å². The third-order valence-electron chi connectivity index (χ3n) is 9.25. The van der Waals surface area contributed by atoms with Gasteiger partial charge in [-0.05, 0) is 68.7 Å². The molecular weight excluding hydrogens is 544 g/mol. The molecule has 2 aromatic rings. The molecular formula is C34H46N4O5. The lowest BCUT2D eigenvalue weighted by molar-refractivity contribution is -0.143. The Bertz CT molecular complexity index is 1310. The first-order chi connectivity index (χ1) is 20.8. The van der Waals surface area contributed by atoms with Gasteiger partial charge in [0.15, 0.2) is 0 Å². The number of fused-ring (bicyclic) bond motifs is 2. The van der Waals surface area contributed by atoms with Crippen LogP contribution in [0.25, 0.3) is 0 Å². The molecule has 232 valence electrons. The van der Waals surface area contributed by atoms with Crippen LogP contribution in [-0.2, 0) is 27.2 Å². The third kappa shape index (κ3) is 7.04. The zero-order chi connectivity index (χ0) is 30.5. The van der Waals surface area contributed by atoms with Gasteiger partial charge in [0, 0.05) is 50.2 Å². The molecule has 0 aromatic heterocycles. The van der Waals surface area contributed by atoms with Crippen LogP contribution in [0.15, 0.2) is 42.5 Å². The molecule has 1 N–H and O–H groups in total. The first kappa shape index (κ1) is 31.0. The number of likely N-dealkylation sites (tertiary alicyclic amines) is 1. The molecule has 9 nitrogen and oxygen atoms in total. The Morgan fingerprint density at radius 2 is 1.84 bits per heavy atom. The summed E-state index contributed by atoms with van der Waals surface area (Å²) < 4.78 is 5.71. The summed E-state index contributed by atoms with van der Waals surface area (Å²) in [6, 6.07) is 13.5. The van der Waals surface area contributed by atoms with Gasteiger partial charge in [-0.25, -0.2) is 0 Å². The summed E-state index contributed by atoms with van der Waals surface area (Å²) in [7, 11) is 4.07. The number of carbonyl (C=O) groups excluding carboxylic acids is 2. The Kier molecular flexibility index (Phi) is 10.0. The number of benzene rings is 2. The normalized spacial score (nSPS) is 21.3. The first-order valence-electron chi connectivity index (χ1n) is 15.8. The van der Waals surface area contributed by atoms with Crippen LogP contribution in [0.3, 0.4) is 0 Å². The van der Waals surface area contributed by atoms with Gasteiger partial charge in [-0.3, -0.25) is 19.3 Å². The molecule has 0 aliphatic carbocycles. The number of nitrogens with zero attached hydrogens (tertiary/aromatic N) is 4. The van der Waals surface area contributed by atoms with Gasteiger partial charge in [-0.1, -0.05) is 43.7 Å². The minimum absolute atomic E-state index is 0.0375. The number of amides is 2. The van der Waals surface area contributed by atoms with E-state index in [1.807, 2.05) is 55.4 Å². The maximum atomic E-state index is 13.8. The summed E-state index contributed by atoms with van der Waals surface area (Å²) in [5, 5.41) is 10.6. The molecule has 5 rings (SSSR count). The number of anilines is 1. The first-order valence-corrected chi connectivity index (χ1v) is 15.8. The highest BCUT2D eigenvalue weighted by Crippen LogP contribution is 2.41. The number of unbranched alkanes of at least 4 members (excludes halogenated alkanes) is 1. The molecule has 0 spiro atoms. The quantitative estimate of drug-likeness (QED) is 0.359. The van der Waals surface area contributed by atoms with Crippen LogP contribution in [0.5, 0.6) is 5.75 Å². The van der Waals surface area contributed by atoms with E-state index < -0.39 is 11.9 Å². The van der Waals surface area contributed by atoms with Gasteiger partial charge in [-0.15, -0.1) is 0 Å². The number of para-hydroxylation sites is 1. The smallest absolute Gasteiger partial charge is 0.308 e. The lowest BCUT2D eigenvalue weighted by atomic mass is 9.83. The highest BCUT2D eigenvalue weighted by Gasteiger charge is 2.47. The summed E-state index contributed by atoms with van der Waals surface area (Å²) in [6.45, 7) is 6.14. The summed E-state index contributed by atoms with van der Waals surface area (Å²) in [6.07, 6.45) is 4.48. The predicted octanol–water partition coefficient (Wildman–Crippen LogP) is 3.65. The predicted molar refractivity (Wildman–Crippen MR) is 167 cm³/mol. The van der Waals surface area contributed by atoms with E-state index in [1.54, 1.807) is 4.90 Å². The van der Waals surface area contributed by atoms with E-state index >= 15 is 0 Å². The molecule has 0 unspecified atom stereocenters. The number of carboxylic acids is 1. The second-order valence-corrected chi connectivity index (χ2v) is 12.5. The number of ether oxygens (including phenoxy) is 1. The largest absolute Gasteiger partial charge is 0.493 e. The van der Waals surface area contributed by atoms with Gasteiger partial charge in [0.25, 0.3) is 0 Å². The van der Waals surface area contributed by atoms with Crippen molar-refractivity contribution >= 4 is 23.5 Å². The van der Waals surface area contributed by atoms with Crippen molar-refractivity contribution < 1.29 is 24.2 Å². The van der Waals surface area contributed by atoms with Crippen molar-refractivity contribution in [2.24, 2.45) is 5.92 Å². The maximum Gasteiger partial charge on any atom is 0.308 e. The molecule has 3 atom stereocenters. The molecule has 2 amide bonds. The van der Waals surface area contributed by atoms with Crippen molar-refractivity contribution in [3.05, 3.63) is 59.2 Å². The fraction of sp³-hybridized carbons (Fsp3) is 0.559. The Morgan fingerprint density at radius 3 is 2.60 bits per heavy atom. The van der Waals surface area contributed by atoms with E-state index in [4.69, 9.17) is 4.74 Å². The van der Waals surface area contributed by atoms with Crippen LogP contribution in [0.4, 0.5) is 5.69 Å². The third-order valence-corrected chi connectivity index (χ3v) is 9.25. The van der Waals surface area contributed by atoms with E-state index in [1.165, 1.54) is 0 Å². The SMILES string of the molecule is CCCCN(CCCN(C)C)C(=O)CN1C[C@H](c2ccc3c(c2)CCO3)[C@@H](C(=O)O)[C@@H]1CCN1C(=O)Cc2ccccc21. The van der Waals surface area contributed by atoms with Crippen molar-refractivity contribution in [2.45, 2.75) is 57.4 Å². The second-order valence-electron chi connectivity index (χ2n) is 12.5. The molecule has 9 heteroatoms. The second kappa shape index (κ2) is 13.9. The van der Waals surface area contributed by atoms with Gasteiger partial charge in [0.2, 0.25) is 11.8 Å². The lowest BCUT2D eigenvalue weighted by Gasteiger charge is -2.31. The fourth-order valence-corrected chi connectivity index (χ4v) is 7.01. The van der Waals surface area contributed by atoms with E-state index in [0.717, 1.165) is 60.4 Å². The zero-order valence-corrected chi connectivity index (χ0v) is 25.8. The number of hydrogen-bond donors (Lipinski definition) is 1. The number of carboxylic acid groups (broad SMARTS) is 1. The Hall–Kier alpha value is -3.43. The van der Waals surface area contributed by atoms with Crippen LogP contribution in [0, 0.1) is 5.92 Å². The van der Waals surface area contributed by atoms with Gasteiger partial charge in [0.1, 0.15) is 5.75 Å². The minimum atomic E-state index is -0.858. The number of aliphatic carboxylic acids is 1. The topological polar surface area (TPSA) is 93.6 Å². The van der Waals surface area contributed by atoms with Gasteiger partial charge < -0.3 is 24.5 Å². The van der Waals surface area contributed by atoms with Crippen molar-refractivity contribution in [2.75, 3.05) is 64.9 Å². The van der Waals surface area contributed by atoms with Crippen molar-refractivity contribution in [3.63, 3.8) is 0 Å². The molecule has 2 aromatic carbocycles. The van der Waals surface area contributed by atoms with Crippen LogP contribution in [-0.4, -0.2) is 104 Å². The molecule has 3 heterocycles. The van der Waals surface area contributed by atoms with E-state index in [-0.39, 0.29) is 30.3 Å². The maximum absolute atomic E-state index is 13.8. The molecule has 3 aliphatic rings. The van der Waals surface area contributed by atoms with E-state index in [2.05, 4.69) is 22.8 Å². The molecule has 0 saturated carbocycles. The number of hydrogen-bond acceptors (Lipinski definition) is 6. The highest BCUT2D eigenvalue weighted by atomic mass is 16.5. The molecule has 1 saturated heterocycles. The Labute approximate surface area is 255 Å². The molecule has 0 radical (unpaired) electrons. The summed E-state index contributed by atoms with van der Waals surface area (Å²) >= 11 is 0. The van der Waals surface area contributed by atoms with Crippen LogP contribution in [0.2, 0.25) is 0 Å². The average Bonchev–Trinajstić information content (AvgIpc) is 3.68. The summed E-state index contributed by atoms with van der Waals surface area (Å²) in [5.41, 5.74) is 4.00. The zero-order valence-electron chi connectivity index (χ0n) is 25.8. The monoisotopic (exact) mass is 590 g/mol. The molecule has 43 heavy (non-hydrogen) atoms. The molecule has 1 fully saturated rings. The van der Waals surface area contributed by atoms with Crippen LogP contribution >= 0.6 is 0 Å². The van der Waals surface area contributed by atoms with Gasteiger partial charge in [-0.2, -0.15) is 0 Å². The van der Waals surface area contributed by atoms with Gasteiger partial charge in [0.05, 0.1) is 25.5 Å². The van der Waals surface area contributed by atoms with Crippen molar-refractivity contribution in [1.29, 1.82) is 0 Å². The van der Waals surface area contributed by atoms with E-state index in [0.29, 0.717) is 45.6 Å². The highest BCUT2D eigenvalue weighted by molar-refractivity contribution is 6.01. The Morgan fingerprint density at radius 1 is 1.05 bits per heavy atom. The fourth-order valence-electron chi connectivity index (χ4n) is 7.01. The van der Waals surface area contributed by atoms with Crippen molar-refractivity contribution in [3.8, 4) is 5.75 Å².